The lowest BCUT2D eigenvalue weighted by molar-refractivity contribution is -0.116. The Labute approximate surface area is 133 Å². The van der Waals surface area contributed by atoms with Gasteiger partial charge in [0.25, 0.3) is 0 Å². The minimum absolute atomic E-state index is 0.0766. The quantitative estimate of drug-likeness (QED) is 0.790. The molecule has 0 bridgehead atoms. The third kappa shape index (κ3) is 2.23. The topological polar surface area (TPSA) is 62.5 Å². The van der Waals surface area contributed by atoms with Crippen LogP contribution in [0.3, 0.4) is 0 Å². The lowest BCUT2D eigenvalue weighted by atomic mass is 10.1. The molecule has 0 aliphatic carbocycles. The second-order valence-electron chi connectivity index (χ2n) is 5.79. The van der Waals surface area contributed by atoms with Crippen LogP contribution in [0.4, 0.5) is 17.2 Å². The molecule has 0 saturated carbocycles. The van der Waals surface area contributed by atoms with Crippen molar-refractivity contribution < 1.29 is 4.79 Å². The van der Waals surface area contributed by atoms with E-state index < -0.39 is 0 Å². The largest absolute Gasteiger partial charge is 0.338 e. The van der Waals surface area contributed by atoms with Crippen LogP contribution >= 0.6 is 0 Å². The number of rotatable bonds is 2. The van der Waals surface area contributed by atoms with Gasteiger partial charge in [-0.25, -0.2) is 9.50 Å². The van der Waals surface area contributed by atoms with Gasteiger partial charge in [0, 0.05) is 31.0 Å². The molecule has 1 aliphatic rings. The molecule has 2 aromatic heterocycles. The van der Waals surface area contributed by atoms with Crippen LogP contribution in [0.2, 0.25) is 0 Å². The fourth-order valence-electron chi connectivity index (χ4n) is 3.12. The number of fused-ring (bicyclic) bond motifs is 2. The van der Waals surface area contributed by atoms with Crippen molar-refractivity contribution in [2.45, 2.75) is 20.3 Å². The standard InChI is InChI=1S/C17H17N5O/c1-11-5-8-22-16(11)17(18-10-19-22)20-14-4-3-13-6-7-21(12(2)23)15(13)9-14/h3-5,8-10H,6-7H2,1-2H3,(H,18,19,20). The van der Waals surface area contributed by atoms with Crippen LogP contribution in [-0.2, 0) is 11.2 Å². The average molecular weight is 307 g/mol. The van der Waals surface area contributed by atoms with E-state index in [4.69, 9.17) is 0 Å². The number of aryl methyl sites for hydroxylation is 1. The summed E-state index contributed by atoms with van der Waals surface area (Å²) >= 11 is 0. The number of carbonyl (C=O) groups is 1. The summed E-state index contributed by atoms with van der Waals surface area (Å²) in [5.41, 5.74) is 5.17. The van der Waals surface area contributed by atoms with Gasteiger partial charge in [-0.2, -0.15) is 5.10 Å². The van der Waals surface area contributed by atoms with Crippen molar-refractivity contribution in [1.29, 1.82) is 0 Å². The molecule has 0 radical (unpaired) electrons. The fourth-order valence-corrected chi connectivity index (χ4v) is 3.12. The summed E-state index contributed by atoms with van der Waals surface area (Å²) in [6, 6.07) is 8.12. The predicted molar refractivity (Wildman–Crippen MR) is 89.2 cm³/mol. The van der Waals surface area contributed by atoms with Gasteiger partial charge in [0.05, 0.1) is 0 Å². The van der Waals surface area contributed by atoms with Gasteiger partial charge >= 0.3 is 0 Å². The van der Waals surface area contributed by atoms with Crippen molar-refractivity contribution >= 4 is 28.6 Å². The van der Waals surface area contributed by atoms with E-state index in [0.717, 1.165) is 41.2 Å². The highest BCUT2D eigenvalue weighted by molar-refractivity contribution is 5.94. The molecule has 6 nitrogen and oxygen atoms in total. The molecule has 6 heteroatoms. The molecule has 0 saturated heterocycles. The molecule has 0 atom stereocenters. The predicted octanol–water partition coefficient (Wildman–Crippen LogP) is 2.69. The van der Waals surface area contributed by atoms with Crippen LogP contribution in [0.5, 0.6) is 0 Å². The Bertz CT molecular complexity index is 914. The summed E-state index contributed by atoms with van der Waals surface area (Å²) in [5, 5.41) is 7.56. The Hall–Kier alpha value is -2.89. The summed E-state index contributed by atoms with van der Waals surface area (Å²) < 4.78 is 1.81. The van der Waals surface area contributed by atoms with Gasteiger partial charge in [0.2, 0.25) is 5.91 Å². The number of amides is 1. The molecule has 0 unspecified atom stereocenters. The van der Waals surface area contributed by atoms with Gasteiger partial charge in [-0.3, -0.25) is 4.79 Å². The van der Waals surface area contributed by atoms with Gasteiger partial charge in [-0.1, -0.05) is 6.07 Å². The third-order valence-electron chi connectivity index (χ3n) is 4.28. The Kier molecular flexibility index (Phi) is 3.04. The van der Waals surface area contributed by atoms with Crippen LogP contribution in [0.15, 0.2) is 36.8 Å². The van der Waals surface area contributed by atoms with Crippen LogP contribution < -0.4 is 10.2 Å². The van der Waals surface area contributed by atoms with E-state index in [1.54, 1.807) is 11.4 Å². The van der Waals surface area contributed by atoms with Crippen molar-refractivity contribution in [2.24, 2.45) is 0 Å². The van der Waals surface area contributed by atoms with Gasteiger partial charge in [-0.05, 0) is 42.7 Å². The van der Waals surface area contributed by atoms with Crippen molar-refractivity contribution in [2.75, 3.05) is 16.8 Å². The van der Waals surface area contributed by atoms with Crippen LogP contribution in [-0.4, -0.2) is 27.0 Å². The van der Waals surface area contributed by atoms with Gasteiger partial charge in [0.15, 0.2) is 5.82 Å². The van der Waals surface area contributed by atoms with Crippen molar-refractivity contribution in [3.63, 3.8) is 0 Å². The first-order chi connectivity index (χ1) is 11.1. The van der Waals surface area contributed by atoms with Crippen LogP contribution in [0.25, 0.3) is 5.52 Å². The number of aromatic nitrogens is 3. The molecule has 0 fully saturated rings. The maximum atomic E-state index is 11.7. The number of anilines is 3. The lowest BCUT2D eigenvalue weighted by Crippen LogP contribution is -2.25. The zero-order valence-corrected chi connectivity index (χ0v) is 13.1. The van der Waals surface area contributed by atoms with E-state index in [-0.39, 0.29) is 5.91 Å². The number of hydrogen-bond donors (Lipinski definition) is 1. The molecule has 4 rings (SSSR count). The molecule has 1 amide bonds. The zero-order chi connectivity index (χ0) is 16.0. The lowest BCUT2D eigenvalue weighted by Gasteiger charge is -2.16. The molecule has 3 aromatic rings. The number of carbonyl (C=O) groups excluding carboxylic acids is 1. The second kappa shape index (κ2) is 5.08. The maximum absolute atomic E-state index is 11.7. The van der Waals surface area contributed by atoms with Crippen LogP contribution in [0.1, 0.15) is 18.1 Å². The first kappa shape index (κ1) is 13.8. The summed E-state index contributed by atoms with van der Waals surface area (Å²) in [7, 11) is 0. The molecule has 1 aliphatic heterocycles. The minimum Gasteiger partial charge on any atom is -0.338 e. The van der Waals surface area contributed by atoms with E-state index in [9.17, 15) is 4.79 Å². The van der Waals surface area contributed by atoms with Crippen molar-refractivity contribution in [3.05, 3.63) is 47.9 Å². The molecule has 3 heterocycles. The summed E-state index contributed by atoms with van der Waals surface area (Å²) in [4.78, 5) is 17.9. The highest BCUT2D eigenvalue weighted by atomic mass is 16.2. The molecule has 0 spiro atoms. The number of nitrogens with one attached hydrogen (secondary N) is 1. The summed E-state index contributed by atoms with van der Waals surface area (Å²) in [6.07, 6.45) is 4.35. The first-order valence-electron chi connectivity index (χ1n) is 7.60. The van der Waals surface area contributed by atoms with E-state index in [1.807, 2.05) is 36.2 Å². The number of nitrogens with zero attached hydrogens (tertiary/aromatic N) is 4. The van der Waals surface area contributed by atoms with Crippen molar-refractivity contribution in [1.82, 2.24) is 14.6 Å². The Morgan fingerprint density at radius 3 is 3.00 bits per heavy atom. The number of hydrogen-bond acceptors (Lipinski definition) is 4. The van der Waals surface area contributed by atoms with Gasteiger partial charge < -0.3 is 10.2 Å². The Balaban J connectivity index is 1.73. The fraction of sp³-hybridized carbons (Fsp3) is 0.235. The highest BCUT2D eigenvalue weighted by Gasteiger charge is 2.22. The molecule has 1 aromatic carbocycles. The molecule has 116 valence electrons. The SMILES string of the molecule is CC(=O)N1CCc2ccc(Nc3ncnn4ccc(C)c34)cc21. The highest BCUT2D eigenvalue weighted by Crippen LogP contribution is 2.32. The Morgan fingerprint density at radius 1 is 1.30 bits per heavy atom. The smallest absolute Gasteiger partial charge is 0.223 e. The monoisotopic (exact) mass is 307 g/mol. The third-order valence-corrected chi connectivity index (χ3v) is 4.28. The summed E-state index contributed by atoms with van der Waals surface area (Å²) in [6.45, 7) is 4.39. The number of benzene rings is 1. The average Bonchev–Trinajstić information content (AvgIpc) is 3.12. The Morgan fingerprint density at radius 2 is 2.17 bits per heavy atom. The van der Waals surface area contributed by atoms with Gasteiger partial charge in [0.1, 0.15) is 11.8 Å². The molecular weight excluding hydrogens is 290 g/mol. The second-order valence-corrected chi connectivity index (χ2v) is 5.79. The molecule has 1 N–H and O–H groups in total. The van der Waals surface area contributed by atoms with E-state index in [0.29, 0.717) is 0 Å². The molecular formula is C17H17N5O. The van der Waals surface area contributed by atoms with E-state index in [1.165, 1.54) is 11.9 Å². The van der Waals surface area contributed by atoms with Gasteiger partial charge in [-0.15, -0.1) is 0 Å². The normalized spacial score (nSPS) is 13.4. The van der Waals surface area contributed by atoms with Crippen LogP contribution in [0, 0.1) is 6.92 Å². The minimum atomic E-state index is 0.0766. The first-order valence-corrected chi connectivity index (χ1v) is 7.60. The van der Waals surface area contributed by atoms with Crippen molar-refractivity contribution in [3.8, 4) is 0 Å². The van der Waals surface area contributed by atoms with E-state index in [2.05, 4.69) is 21.5 Å². The molecule has 23 heavy (non-hydrogen) atoms. The summed E-state index contributed by atoms with van der Waals surface area (Å²) in [5.74, 6) is 0.836. The zero-order valence-electron chi connectivity index (χ0n) is 13.1. The van der Waals surface area contributed by atoms with E-state index >= 15 is 0 Å². The maximum Gasteiger partial charge on any atom is 0.223 e.